The number of benzene rings is 1. The first kappa shape index (κ1) is 8.47. The minimum Gasteiger partial charge on any atom is -0.423 e. The molecule has 0 spiro atoms. The van der Waals surface area contributed by atoms with E-state index in [1.807, 2.05) is 13.0 Å². The van der Waals surface area contributed by atoms with Crippen LogP contribution in [0, 0.1) is 0 Å². The van der Waals surface area contributed by atoms with Crippen LogP contribution in [0.2, 0.25) is 0 Å². The molecule has 0 fully saturated rings. The summed E-state index contributed by atoms with van der Waals surface area (Å²) in [4.78, 5) is 4.28. The summed E-state index contributed by atoms with van der Waals surface area (Å²) in [6.07, 6.45) is 0. The number of hydrogen-bond donors (Lipinski definition) is 2. The molecule has 13 heavy (non-hydrogen) atoms. The summed E-state index contributed by atoms with van der Waals surface area (Å²) < 4.78 is 0. The summed E-state index contributed by atoms with van der Waals surface area (Å²) >= 11 is 0. The predicted octanol–water partition coefficient (Wildman–Crippen LogP) is -1.83. The van der Waals surface area contributed by atoms with Gasteiger partial charge in [-0.25, -0.2) is 0 Å². The highest BCUT2D eigenvalue weighted by Crippen LogP contribution is 1.93. The van der Waals surface area contributed by atoms with Crippen LogP contribution in [0.4, 0.5) is 0 Å². The number of hydrogen-bond acceptors (Lipinski definition) is 3. The molecular weight excluding hydrogens is 165 g/mol. The number of rotatable bonds is 1. The smallest absolute Gasteiger partial charge is 0.423 e. The van der Waals surface area contributed by atoms with Crippen LogP contribution in [0.15, 0.2) is 23.2 Å². The third-order valence-corrected chi connectivity index (χ3v) is 2.27. The molecule has 4 heteroatoms. The summed E-state index contributed by atoms with van der Waals surface area (Å²) in [5.74, 6) is 0. The monoisotopic (exact) mass is 175 g/mol. The van der Waals surface area contributed by atoms with E-state index in [-0.39, 0.29) is 0 Å². The predicted molar refractivity (Wildman–Crippen MR) is 51.0 cm³/mol. The topological polar surface area (TPSA) is 52.8 Å². The molecule has 2 N–H and O–H groups in total. The van der Waals surface area contributed by atoms with Gasteiger partial charge in [0.25, 0.3) is 0 Å². The van der Waals surface area contributed by atoms with E-state index < -0.39 is 7.12 Å². The lowest BCUT2D eigenvalue weighted by atomic mass is 9.80. The summed E-state index contributed by atoms with van der Waals surface area (Å²) in [6, 6.07) is 5.29. The van der Waals surface area contributed by atoms with Crippen LogP contribution in [-0.2, 0) is 0 Å². The van der Waals surface area contributed by atoms with Crippen molar-refractivity contribution < 1.29 is 10.0 Å². The Bertz CT molecular complexity index is 453. The lowest BCUT2D eigenvalue weighted by molar-refractivity contribution is 0.425. The van der Waals surface area contributed by atoms with Crippen LogP contribution in [0.3, 0.4) is 0 Å². The van der Waals surface area contributed by atoms with Crippen molar-refractivity contribution in [3.8, 4) is 0 Å². The zero-order valence-corrected chi connectivity index (χ0v) is 7.36. The van der Waals surface area contributed by atoms with Crippen LogP contribution in [0.5, 0.6) is 0 Å². The van der Waals surface area contributed by atoms with Gasteiger partial charge in [-0.3, -0.25) is 4.99 Å². The Labute approximate surface area is 76.2 Å². The third kappa shape index (κ3) is 1.38. The molecule has 1 aliphatic heterocycles. The molecule has 2 rings (SSSR count). The van der Waals surface area contributed by atoms with Gasteiger partial charge in [-0.1, -0.05) is 12.1 Å². The lowest BCUT2D eigenvalue weighted by Crippen LogP contribution is -2.36. The molecule has 1 aromatic carbocycles. The van der Waals surface area contributed by atoms with Gasteiger partial charge in [0.05, 0.1) is 11.9 Å². The normalized spacial score (nSPS) is 13.9. The molecule has 66 valence electrons. The van der Waals surface area contributed by atoms with Crippen LogP contribution in [0.25, 0.3) is 5.57 Å². The summed E-state index contributed by atoms with van der Waals surface area (Å²) in [5.41, 5.74) is 1.70. The van der Waals surface area contributed by atoms with Crippen molar-refractivity contribution >= 4 is 18.2 Å². The minimum absolute atomic E-state index is 0.523. The minimum atomic E-state index is -1.39. The molecule has 0 bridgehead atoms. The maximum atomic E-state index is 8.96. The molecule has 0 saturated heterocycles. The molecule has 0 unspecified atom stereocenters. The van der Waals surface area contributed by atoms with Crippen molar-refractivity contribution in [2.75, 3.05) is 6.54 Å². The largest absolute Gasteiger partial charge is 0.488 e. The molecule has 0 amide bonds. The van der Waals surface area contributed by atoms with E-state index >= 15 is 0 Å². The zero-order valence-electron chi connectivity index (χ0n) is 7.36. The fourth-order valence-electron chi connectivity index (χ4n) is 1.48. The van der Waals surface area contributed by atoms with Gasteiger partial charge < -0.3 is 10.0 Å². The average Bonchev–Trinajstić information content (AvgIpc) is 2.47. The van der Waals surface area contributed by atoms with E-state index in [0.717, 1.165) is 17.1 Å². The second kappa shape index (κ2) is 2.98. The third-order valence-electron chi connectivity index (χ3n) is 2.27. The Balaban J connectivity index is 2.69. The maximum Gasteiger partial charge on any atom is 0.488 e. The Morgan fingerprint density at radius 2 is 2.15 bits per heavy atom. The van der Waals surface area contributed by atoms with Gasteiger partial charge in [-0.05, 0) is 24.0 Å². The summed E-state index contributed by atoms with van der Waals surface area (Å²) in [6.45, 7) is 2.73. The van der Waals surface area contributed by atoms with Gasteiger partial charge in [-0.15, -0.1) is 0 Å². The maximum absolute atomic E-state index is 8.96. The molecule has 0 aliphatic carbocycles. The first-order chi connectivity index (χ1) is 6.18. The Morgan fingerprint density at radius 1 is 1.38 bits per heavy atom. The molecule has 0 radical (unpaired) electrons. The average molecular weight is 175 g/mol. The van der Waals surface area contributed by atoms with Crippen molar-refractivity contribution in [2.45, 2.75) is 6.92 Å². The Hall–Kier alpha value is -1.13. The van der Waals surface area contributed by atoms with E-state index in [1.54, 1.807) is 12.1 Å². The van der Waals surface area contributed by atoms with Crippen LogP contribution in [-0.4, -0.2) is 23.7 Å². The SMILES string of the molecule is CC1=c2cc(B(O)O)ccc2=NC1. The molecular formula is C9H10BNO2. The van der Waals surface area contributed by atoms with Crippen molar-refractivity contribution in [1.82, 2.24) is 0 Å². The highest BCUT2D eigenvalue weighted by Gasteiger charge is 2.11. The molecule has 0 aromatic heterocycles. The van der Waals surface area contributed by atoms with Crippen LogP contribution < -0.4 is 16.0 Å². The van der Waals surface area contributed by atoms with Gasteiger partial charge in [0, 0.05) is 5.22 Å². The molecule has 1 heterocycles. The van der Waals surface area contributed by atoms with Gasteiger partial charge in [0.1, 0.15) is 0 Å². The second-order valence-electron chi connectivity index (χ2n) is 3.25. The van der Waals surface area contributed by atoms with Gasteiger partial charge >= 0.3 is 7.12 Å². The molecule has 0 atom stereocenters. The fraction of sp³-hybridized carbons (Fsp3) is 0.222. The fourth-order valence-corrected chi connectivity index (χ4v) is 1.48. The van der Waals surface area contributed by atoms with E-state index in [1.165, 1.54) is 5.57 Å². The van der Waals surface area contributed by atoms with Crippen LogP contribution >= 0.6 is 0 Å². The van der Waals surface area contributed by atoms with E-state index in [9.17, 15) is 0 Å². The number of nitrogens with zero attached hydrogens (tertiary/aromatic N) is 1. The molecule has 1 aliphatic rings. The summed E-state index contributed by atoms with van der Waals surface area (Å²) in [5, 5.41) is 19.9. The van der Waals surface area contributed by atoms with Gasteiger partial charge in [-0.2, -0.15) is 0 Å². The van der Waals surface area contributed by atoms with Crippen LogP contribution in [0.1, 0.15) is 6.92 Å². The van der Waals surface area contributed by atoms with E-state index in [0.29, 0.717) is 5.46 Å². The highest BCUT2D eigenvalue weighted by molar-refractivity contribution is 6.58. The number of fused-ring (bicyclic) bond motifs is 1. The first-order valence-electron chi connectivity index (χ1n) is 4.19. The van der Waals surface area contributed by atoms with Gasteiger partial charge in [0.15, 0.2) is 0 Å². The quantitative estimate of drug-likeness (QED) is 0.493. The zero-order chi connectivity index (χ0) is 9.42. The van der Waals surface area contributed by atoms with E-state index in [2.05, 4.69) is 4.99 Å². The molecule has 3 nitrogen and oxygen atoms in total. The summed E-state index contributed by atoms with van der Waals surface area (Å²) in [7, 11) is -1.39. The Morgan fingerprint density at radius 3 is 2.85 bits per heavy atom. The lowest BCUT2D eigenvalue weighted by Gasteiger charge is -1.97. The van der Waals surface area contributed by atoms with Crippen molar-refractivity contribution in [3.63, 3.8) is 0 Å². The second-order valence-corrected chi connectivity index (χ2v) is 3.25. The highest BCUT2D eigenvalue weighted by atomic mass is 16.4. The Kier molecular flexibility index (Phi) is 1.94. The van der Waals surface area contributed by atoms with Gasteiger partial charge in [0.2, 0.25) is 0 Å². The molecule has 0 saturated carbocycles. The molecule has 1 aromatic rings. The van der Waals surface area contributed by atoms with Crippen molar-refractivity contribution in [2.24, 2.45) is 4.99 Å². The first-order valence-corrected chi connectivity index (χ1v) is 4.19. The van der Waals surface area contributed by atoms with E-state index in [4.69, 9.17) is 10.0 Å². The standard InChI is InChI=1S/C9H10BNO2/c1-6-5-11-9-3-2-7(10(12)13)4-8(6)9/h2-4,12-13H,5H2,1H3. The van der Waals surface area contributed by atoms with Crippen molar-refractivity contribution in [1.29, 1.82) is 0 Å². The van der Waals surface area contributed by atoms with Crippen molar-refractivity contribution in [3.05, 3.63) is 28.8 Å².